The molecule has 3 atom stereocenters. The fourth-order valence-corrected chi connectivity index (χ4v) is 3.98. The van der Waals surface area contributed by atoms with E-state index >= 15 is 0 Å². The van der Waals surface area contributed by atoms with Crippen molar-refractivity contribution in [3.05, 3.63) is 24.0 Å². The first kappa shape index (κ1) is 15.4. The predicted octanol–water partition coefficient (Wildman–Crippen LogP) is 0.573. The summed E-state index contributed by atoms with van der Waals surface area (Å²) in [5.41, 5.74) is 0.643. The molecule has 1 aromatic rings. The third-order valence-electron chi connectivity index (χ3n) is 5.06. The van der Waals surface area contributed by atoms with Gasteiger partial charge in [-0.15, -0.1) is 0 Å². The quantitative estimate of drug-likeness (QED) is 0.817. The van der Waals surface area contributed by atoms with Crippen LogP contribution in [-0.4, -0.2) is 83.7 Å². The molecule has 0 aromatic carbocycles. The lowest BCUT2D eigenvalue weighted by Gasteiger charge is -2.37. The van der Waals surface area contributed by atoms with Gasteiger partial charge in [0.1, 0.15) is 0 Å². The Hall–Kier alpha value is -1.53. The van der Waals surface area contributed by atoms with E-state index in [-0.39, 0.29) is 5.91 Å². The first-order chi connectivity index (χ1) is 10.6. The highest BCUT2D eigenvalue weighted by atomic mass is 16.2. The van der Waals surface area contributed by atoms with E-state index < -0.39 is 0 Å². The van der Waals surface area contributed by atoms with E-state index in [1.165, 1.54) is 6.42 Å². The van der Waals surface area contributed by atoms with E-state index in [1.807, 2.05) is 4.90 Å². The van der Waals surface area contributed by atoms with Crippen LogP contribution in [0.1, 0.15) is 23.2 Å². The Balaban J connectivity index is 1.66. The SMILES string of the molecule is CN(C)C[C@@H]1C[C@@H]2CN(C(=O)c3ccnnc3)CC[C@@H]2N1C. The molecule has 3 rings (SSSR count). The standard InChI is InChI=1S/C16H25N5O/c1-19(2)11-14-8-13-10-21(7-5-15(13)20(14)3)16(22)12-4-6-17-18-9-12/h4,6,9,13-15H,5,7-8,10-11H2,1-3H3/t13-,14+,15+/m1/s1. The molecule has 3 heterocycles. The number of fused-ring (bicyclic) bond motifs is 1. The number of amides is 1. The van der Waals surface area contributed by atoms with Gasteiger partial charge in [-0.25, -0.2) is 0 Å². The van der Waals surface area contributed by atoms with Gasteiger partial charge in [-0.1, -0.05) is 0 Å². The Kier molecular flexibility index (Phi) is 4.40. The van der Waals surface area contributed by atoms with Crippen molar-refractivity contribution in [2.45, 2.75) is 24.9 Å². The normalized spacial score (nSPS) is 28.9. The van der Waals surface area contributed by atoms with Gasteiger partial charge in [0.15, 0.2) is 0 Å². The van der Waals surface area contributed by atoms with Crippen LogP contribution in [0.25, 0.3) is 0 Å². The van der Waals surface area contributed by atoms with Crippen LogP contribution >= 0.6 is 0 Å². The molecule has 2 fully saturated rings. The van der Waals surface area contributed by atoms with Crippen LogP contribution in [-0.2, 0) is 0 Å². The van der Waals surface area contributed by atoms with Crippen molar-refractivity contribution in [3.63, 3.8) is 0 Å². The molecule has 22 heavy (non-hydrogen) atoms. The number of carbonyl (C=O) groups is 1. The predicted molar refractivity (Wildman–Crippen MR) is 84.6 cm³/mol. The van der Waals surface area contributed by atoms with E-state index in [2.05, 4.69) is 41.1 Å². The molecule has 0 bridgehead atoms. The molecule has 120 valence electrons. The second-order valence-electron chi connectivity index (χ2n) is 6.82. The fraction of sp³-hybridized carbons (Fsp3) is 0.688. The second kappa shape index (κ2) is 6.30. The van der Waals surface area contributed by atoms with Gasteiger partial charge in [-0.2, -0.15) is 10.2 Å². The summed E-state index contributed by atoms with van der Waals surface area (Å²) in [5, 5.41) is 7.55. The average molecular weight is 303 g/mol. The van der Waals surface area contributed by atoms with Crippen LogP contribution in [0.3, 0.4) is 0 Å². The molecule has 1 aromatic heterocycles. The Labute approximate surface area is 132 Å². The smallest absolute Gasteiger partial charge is 0.255 e. The summed E-state index contributed by atoms with van der Waals surface area (Å²) in [7, 11) is 6.49. The van der Waals surface area contributed by atoms with Gasteiger partial charge < -0.3 is 9.80 Å². The Morgan fingerprint density at radius 1 is 1.41 bits per heavy atom. The van der Waals surface area contributed by atoms with Crippen LogP contribution in [0.5, 0.6) is 0 Å². The van der Waals surface area contributed by atoms with E-state index in [0.717, 1.165) is 26.1 Å². The summed E-state index contributed by atoms with van der Waals surface area (Å²) >= 11 is 0. The summed E-state index contributed by atoms with van der Waals surface area (Å²) in [4.78, 5) is 19.3. The summed E-state index contributed by atoms with van der Waals surface area (Å²) in [6.45, 7) is 2.78. The van der Waals surface area contributed by atoms with Crippen molar-refractivity contribution < 1.29 is 4.79 Å². The maximum Gasteiger partial charge on any atom is 0.255 e. The molecule has 0 spiro atoms. The highest BCUT2D eigenvalue weighted by Gasteiger charge is 2.42. The van der Waals surface area contributed by atoms with Gasteiger partial charge in [0.05, 0.1) is 18.0 Å². The van der Waals surface area contributed by atoms with Crippen molar-refractivity contribution in [2.75, 3.05) is 40.8 Å². The average Bonchev–Trinajstić information content (AvgIpc) is 2.82. The second-order valence-corrected chi connectivity index (χ2v) is 6.82. The number of hydrogen-bond acceptors (Lipinski definition) is 5. The number of likely N-dealkylation sites (N-methyl/N-ethyl adjacent to an activating group) is 2. The number of likely N-dealkylation sites (tertiary alicyclic amines) is 2. The van der Waals surface area contributed by atoms with Crippen molar-refractivity contribution in [1.82, 2.24) is 24.9 Å². The molecule has 2 aliphatic heterocycles. The molecule has 0 unspecified atom stereocenters. The molecule has 0 N–H and O–H groups in total. The van der Waals surface area contributed by atoms with Crippen molar-refractivity contribution in [3.8, 4) is 0 Å². The van der Waals surface area contributed by atoms with Gasteiger partial charge in [-0.05, 0) is 46.0 Å². The number of carbonyl (C=O) groups excluding carboxylic acids is 1. The lowest BCUT2D eigenvalue weighted by Crippen LogP contribution is -2.48. The molecule has 2 aliphatic rings. The van der Waals surface area contributed by atoms with Gasteiger partial charge in [0.2, 0.25) is 0 Å². The van der Waals surface area contributed by atoms with Crippen molar-refractivity contribution in [2.24, 2.45) is 5.92 Å². The largest absolute Gasteiger partial charge is 0.338 e. The van der Waals surface area contributed by atoms with Crippen molar-refractivity contribution in [1.29, 1.82) is 0 Å². The Morgan fingerprint density at radius 2 is 2.23 bits per heavy atom. The Morgan fingerprint density at radius 3 is 2.91 bits per heavy atom. The summed E-state index contributed by atoms with van der Waals surface area (Å²) in [6.07, 6.45) is 5.38. The third-order valence-corrected chi connectivity index (χ3v) is 5.06. The lowest BCUT2D eigenvalue weighted by molar-refractivity contribution is 0.0605. The number of piperidine rings is 1. The zero-order valence-electron chi connectivity index (χ0n) is 13.6. The molecular formula is C16H25N5O. The van der Waals surface area contributed by atoms with E-state index in [4.69, 9.17) is 0 Å². The molecule has 1 amide bonds. The van der Waals surface area contributed by atoms with Gasteiger partial charge in [-0.3, -0.25) is 9.69 Å². The molecule has 0 radical (unpaired) electrons. The van der Waals surface area contributed by atoms with Gasteiger partial charge >= 0.3 is 0 Å². The number of aromatic nitrogens is 2. The maximum absolute atomic E-state index is 12.6. The van der Waals surface area contributed by atoms with Gasteiger partial charge in [0.25, 0.3) is 5.91 Å². The van der Waals surface area contributed by atoms with Crippen LogP contribution in [0, 0.1) is 5.92 Å². The van der Waals surface area contributed by atoms with Crippen LogP contribution < -0.4 is 0 Å². The zero-order chi connectivity index (χ0) is 15.7. The number of hydrogen-bond donors (Lipinski definition) is 0. The van der Waals surface area contributed by atoms with E-state index in [9.17, 15) is 4.79 Å². The summed E-state index contributed by atoms with van der Waals surface area (Å²) < 4.78 is 0. The van der Waals surface area contributed by atoms with Gasteiger partial charge in [0, 0.05) is 31.7 Å². The minimum Gasteiger partial charge on any atom is -0.338 e. The number of rotatable bonds is 3. The lowest BCUT2D eigenvalue weighted by atomic mass is 9.92. The Bertz CT molecular complexity index is 521. The minimum atomic E-state index is 0.0899. The first-order valence-corrected chi connectivity index (χ1v) is 7.99. The topological polar surface area (TPSA) is 52.6 Å². The zero-order valence-corrected chi connectivity index (χ0v) is 13.6. The molecule has 0 saturated carbocycles. The van der Waals surface area contributed by atoms with E-state index in [0.29, 0.717) is 23.6 Å². The maximum atomic E-state index is 12.6. The highest BCUT2D eigenvalue weighted by Crippen LogP contribution is 2.35. The molecule has 0 aliphatic carbocycles. The van der Waals surface area contributed by atoms with Crippen LogP contribution in [0.15, 0.2) is 18.5 Å². The van der Waals surface area contributed by atoms with Crippen molar-refractivity contribution >= 4 is 5.91 Å². The minimum absolute atomic E-state index is 0.0899. The molecule has 2 saturated heterocycles. The fourth-order valence-electron chi connectivity index (χ4n) is 3.98. The number of nitrogens with zero attached hydrogens (tertiary/aromatic N) is 5. The van der Waals surface area contributed by atoms with E-state index in [1.54, 1.807) is 18.5 Å². The first-order valence-electron chi connectivity index (χ1n) is 7.99. The molecule has 6 nitrogen and oxygen atoms in total. The summed E-state index contributed by atoms with van der Waals surface area (Å²) in [5.74, 6) is 0.675. The highest BCUT2D eigenvalue weighted by molar-refractivity contribution is 5.93. The molecular weight excluding hydrogens is 278 g/mol. The van der Waals surface area contributed by atoms with Crippen LogP contribution in [0.2, 0.25) is 0 Å². The van der Waals surface area contributed by atoms with Crippen LogP contribution in [0.4, 0.5) is 0 Å². The third kappa shape index (κ3) is 2.98. The molecule has 6 heteroatoms. The summed E-state index contributed by atoms with van der Waals surface area (Å²) in [6, 6.07) is 2.96. The monoisotopic (exact) mass is 303 g/mol.